The van der Waals surface area contributed by atoms with E-state index in [1.807, 2.05) is 18.2 Å². The fraction of sp³-hybridized carbons (Fsp3) is 0.409. The van der Waals surface area contributed by atoms with Crippen LogP contribution in [0.2, 0.25) is 0 Å². The number of amides is 1. The van der Waals surface area contributed by atoms with E-state index in [1.54, 1.807) is 0 Å². The average molecular weight is 434 g/mol. The molecule has 2 aromatic carbocycles. The number of nitrogens with one attached hydrogen (secondary N) is 1. The molecule has 162 valence electrons. The predicted molar refractivity (Wildman–Crippen MR) is 116 cm³/mol. The fourth-order valence-corrected chi connectivity index (χ4v) is 4.50. The lowest BCUT2D eigenvalue weighted by atomic mass is 10.0. The molecule has 0 atom stereocenters. The third-order valence-corrected chi connectivity index (χ3v) is 6.36. The van der Waals surface area contributed by atoms with Crippen LogP contribution in [-0.4, -0.2) is 45.1 Å². The van der Waals surface area contributed by atoms with Gasteiger partial charge >= 0.3 is 0 Å². The lowest BCUT2D eigenvalue weighted by molar-refractivity contribution is -0.119. The molecule has 0 unspecified atom stereocenters. The zero-order valence-corrected chi connectivity index (χ0v) is 18.0. The number of nitrogens with zero attached hydrogens (tertiary/aromatic N) is 2. The molecule has 2 aromatic rings. The number of rotatable bonds is 8. The van der Waals surface area contributed by atoms with Crippen LogP contribution in [0.5, 0.6) is 0 Å². The Balaban J connectivity index is 1.65. The Hall–Kier alpha value is -2.45. The Morgan fingerprint density at radius 3 is 2.43 bits per heavy atom. The molecule has 0 spiro atoms. The number of carbonyl (C=O) groups excluding carboxylic acids is 1. The van der Waals surface area contributed by atoms with E-state index in [2.05, 4.69) is 16.3 Å². The smallest absolute Gasteiger partial charge is 0.241 e. The number of likely N-dealkylation sites (tertiary alicyclic amines) is 1. The van der Waals surface area contributed by atoms with Crippen molar-refractivity contribution in [2.75, 3.05) is 30.2 Å². The van der Waals surface area contributed by atoms with Crippen molar-refractivity contribution in [3.8, 4) is 0 Å². The third kappa shape index (κ3) is 6.27. The summed E-state index contributed by atoms with van der Waals surface area (Å²) < 4.78 is 38.7. The second-order valence-electron chi connectivity index (χ2n) is 7.63. The maximum atomic E-state index is 13.5. The SMILES string of the molecule is CS(=O)(=O)N(CC(=O)NCc1ccccc1CN1CCCCC1)c1cccc(F)c1. The molecule has 0 saturated carbocycles. The van der Waals surface area contributed by atoms with Crippen LogP contribution in [0.3, 0.4) is 0 Å². The van der Waals surface area contributed by atoms with Gasteiger partial charge in [-0.05, 0) is 55.3 Å². The molecule has 1 amide bonds. The highest BCUT2D eigenvalue weighted by Crippen LogP contribution is 2.19. The minimum absolute atomic E-state index is 0.123. The standard InChI is InChI=1S/C22H28FN3O3S/c1-30(28,29)26(21-11-7-10-20(23)14-21)17-22(27)24-15-18-8-3-4-9-19(18)16-25-12-5-2-6-13-25/h3-4,7-11,14H,2,5-6,12-13,15-17H2,1H3,(H,24,27). The number of anilines is 1. The van der Waals surface area contributed by atoms with Crippen LogP contribution in [0.15, 0.2) is 48.5 Å². The van der Waals surface area contributed by atoms with Crippen LogP contribution in [0.4, 0.5) is 10.1 Å². The number of halogens is 1. The molecule has 30 heavy (non-hydrogen) atoms. The molecule has 0 radical (unpaired) electrons. The van der Waals surface area contributed by atoms with Crippen LogP contribution < -0.4 is 9.62 Å². The topological polar surface area (TPSA) is 69.7 Å². The summed E-state index contributed by atoms with van der Waals surface area (Å²) in [6.07, 6.45) is 4.69. The molecule has 1 fully saturated rings. The van der Waals surface area contributed by atoms with Crippen molar-refractivity contribution in [3.05, 3.63) is 65.5 Å². The van der Waals surface area contributed by atoms with Crippen LogP contribution in [0.1, 0.15) is 30.4 Å². The van der Waals surface area contributed by atoms with Gasteiger partial charge in [0, 0.05) is 13.1 Å². The zero-order chi connectivity index (χ0) is 21.6. The van der Waals surface area contributed by atoms with Gasteiger partial charge in [0.25, 0.3) is 0 Å². The Morgan fingerprint density at radius 2 is 1.77 bits per heavy atom. The molecule has 3 rings (SSSR count). The van der Waals surface area contributed by atoms with Gasteiger partial charge in [-0.25, -0.2) is 12.8 Å². The molecule has 1 N–H and O–H groups in total. The summed E-state index contributed by atoms with van der Waals surface area (Å²) >= 11 is 0. The number of piperidine rings is 1. The zero-order valence-electron chi connectivity index (χ0n) is 17.2. The average Bonchev–Trinajstić information content (AvgIpc) is 2.71. The number of hydrogen-bond acceptors (Lipinski definition) is 4. The van der Waals surface area contributed by atoms with Crippen molar-refractivity contribution in [2.45, 2.75) is 32.4 Å². The molecule has 0 bridgehead atoms. The van der Waals surface area contributed by atoms with Crippen LogP contribution in [0.25, 0.3) is 0 Å². The second-order valence-corrected chi connectivity index (χ2v) is 9.54. The second kappa shape index (κ2) is 10.0. The first-order valence-electron chi connectivity index (χ1n) is 10.1. The summed E-state index contributed by atoms with van der Waals surface area (Å²) in [7, 11) is -3.74. The minimum atomic E-state index is -3.74. The molecule has 0 aliphatic carbocycles. The first kappa shape index (κ1) is 22.2. The Labute approximate surface area is 177 Å². The van der Waals surface area contributed by atoms with E-state index in [1.165, 1.54) is 37.5 Å². The maximum Gasteiger partial charge on any atom is 0.241 e. The van der Waals surface area contributed by atoms with Crippen molar-refractivity contribution in [1.82, 2.24) is 10.2 Å². The largest absolute Gasteiger partial charge is 0.350 e. The monoisotopic (exact) mass is 433 g/mol. The number of sulfonamides is 1. The van der Waals surface area contributed by atoms with Gasteiger partial charge in [0.05, 0.1) is 11.9 Å². The molecule has 1 saturated heterocycles. The molecule has 0 aromatic heterocycles. The molecular formula is C22H28FN3O3S. The van der Waals surface area contributed by atoms with Crippen molar-refractivity contribution < 1.29 is 17.6 Å². The highest BCUT2D eigenvalue weighted by Gasteiger charge is 2.21. The lowest BCUT2D eigenvalue weighted by Crippen LogP contribution is -2.40. The summed E-state index contributed by atoms with van der Waals surface area (Å²) in [5.41, 5.74) is 2.29. The van der Waals surface area contributed by atoms with E-state index in [4.69, 9.17) is 0 Å². The van der Waals surface area contributed by atoms with Gasteiger partial charge in [-0.15, -0.1) is 0 Å². The normalized spacial score (nSPS) is 15.0. The van der Waals surface area contributed by atoms with E-state index < -0.39 is 28.3 Å². The molecule has 8 heteroatoms. The van der Waals surface area contributed by atoms with E-state index in [0.717, 1.165) is 47.4 Å². The van der Waals surface area contributed by atoms with E-state index in [-0.39, 0.29) is 5.69 Å². The van der Waals surface area contributed by atoms with E-state index in [0.29, 0.717) is 6.54 Å². The van der Waals surface area contributed by atoms with Gasteiger partial charge in [-0.3, -0.25) is 14.0 Å². The predicted octanol–water partition coefficient (Wildman–Crippen LogP) is 2.89. The fourth-order valence-electron chi connectivity index (χ4n) is 3.65. The molecule has 1 aliphatic rings. The summed E-state index contributed by atoms with van der Waals surface area (Å²) in [4.78, 5) is 14.9. The summed E-state index contributed by atoms with van der Waals surface area (Å²) in [6.45, 7) is 2.90. The van der Waals surface area contributed by atoms with Gasteiger partial charge in [-0.2, -0.15) is 0 Å². The van der Waals surface area contributed by atoms with E-state index in [9.17, 15) is 17.6 Å². The van der Waals surface area contributed by atoms with Crippen molar-refractivity contribution in [3.63, 3.8) is 0 Å². The van der Waals surface area contributed by atoms with Gasteiger partial charge < -0.3 is 5.32 Å². The summed E-state index contributed by atoms with van der Waals surface area (Å²) in [5, 5.41) is 2.81. The van der Waals surface area contributed by atoms with Gasteiger partial charge in [0.1, 0.15) is 12.4 Å². The lowest BCUT2D eigenvalue weighted by Gasteiger charge is -2.27. The van der Waals surface area contributed by atoms with Crippen molar-refractivity contribution >= 4 is 21.6 Å². The Bertz CT molecular complexity index is 975. The molecule has 6 nitrogen and oxygen atoms in total. The number of carbonyl (C=O) groups is 1. The molecule has 1 aliphatic heterocycles. The van der Waals surface area contributed by atoms with Crippen LogP contribution in [0, 0.1) is 5.82 Å². The maximum absolute atomic E-state index is 13.5. The first-order chi connectivity index (χ1) is 14.3. The Kier molecular flexibility index (Phi) is 7.44. The number of hydrogen-bond donors (Lipinski definition) is 1. The Morgan fingerprint density at radius 1 is 1.07 bits per heavy atom. The van der Waals surface area contributed by atoms with Gasteiger partial charge in [0.15, 0.2) is 0 Å². The minimum Gasteiger partial charge on any atom is -0.350 e. The number of benzene rings is 2. The summed E-state index contributed by atoms with van der Waals surface area (Å²) in [6, 6.07) is 13.2. The van der Waals surface area contributed by atoms with Crippen molar-refractivity contribution in [1.29, 1.82) is 0 Å². The highest BCUT2D eigenvalue weighted by atomic mass is 32.2. The molecule has 1 heterocycles. The third-order valence-electron chi connectivity index (χ3n) is 5.22. The molecular weight excluding hydrogens is 405 g/mol. The van der Waals surface area contributed by atoms with Crippen LogP contribution in [-0.2, 0) is 27.9 Å². The van der Waals surface area contributed by atoms with Gasteiger partial charge in [-0.1, -0.05) is 36.8 Å². The quantitative estimate of drug-likeness (QED) is 0.695. The van der Waals surface area contributed by atoms with E-state index >= 15 is 0 Å². The first-order valence-corrected chi connectivity index (χ1v) is 12.0. The van der Waals surface area contributed by atoms with Crippen molar-refractivity contribution in [2.24, 2.45) is 0 Å². The summed E-state index contributed by atoms with van der Waals surface area (Å²) in [5.74, 6) is -1.01. The highest BCUT2D eigenvalue weighted by molar-refractivity contribution is 7.92. The van der Waals surface area contributed by atoms with Crippen LogP contribution >= 0.6 is 0 Å². The van der Waals surface area contributed by atoms with Gasteiger partial charge in [0.2, 0.25) is 15.9 Å².